The van der Waals surface area contributed by atoms with Crippen LogP contribution in [0.1, 0.15) is 61.8 Å². The molecule has 0 aliphatic rings. The molecule has 2 heteroatoms. The van der Waals surface area contributed by atoms with Gasteiger partial charge in [0.25, 0.3) is 0 Å². The lowest BCUT2D eigenvalue weighted by Gasteiger charge is -2.40. The Hall–Kier alpha value is -0.0800. The third-order valence-electron chi connectivity index (χ3n) is 4.32. The maximum absolute atomic E-state index is 3.65. The first-order valence-corrected chi connectivity index (χ1v) is 6.98. The molecule has 0 aliphatic heterocycles. The van der Waals surface area contributed by atoms with Crippen molar-refractivity contribution in [1.29, 1.82) is 0 Å². The van der Waals surface area contributed by atoms with Crippen molar-refractivity contribution in [3.63, 3.8) is 0 Å². The molecule has 0 amide bonds. The van der Waals surface area contributed by atoms with Gasteiger partial charge in [0, 0.05) is 24.2 Å². The van der Waals surface area contributed by atoms with Gasteiger partial charge in [-0.2, -0.15) is 0 Å². The predicted molar refractivity (Wildman–Crippen MR) is 78.5 cm³/mol. The Morgan fingerprint density at radius 3 is 1.88 bits per heavy atom. The van der Waals surface area contributed by atoms with Gasteiger partial charge >= 0.3 is 0 Å². The minimum atomic E-state index is 0.250. The van der Waals surface area contributed by atoms with E-state index in [1.54, 1.807) is 0 Å². The Balaban J connectivity index is 4.28. The Labute approximate surface area is 109 Å². The van der Waals surface area contributed by atoms with Gasteiger partial charge in [-0.3, -0.25) is 4.90 Å². The first-order valence-electron chi connectivity index (χ1n) is 6.98. The zero-order chi connectivity index (χ0) is 13.9. The van der Waals surface area contributed by atoms with E-state index in [-0.39, 0.29) is 5.54 Å². The molecule has 1 N–H and O–H groups in total. The maximum atomic E-state index is 3.65. The number of nitrogens with zero attached hydrogens (tertiary/aromatic N) is 1. The highest BCUT2D eigenvalue weighted by Gasteiger charge is 2.27. The maximum Gasteiger partial charge on any atom is 0.0192 e. The molecule has 17 heavy (non-hydrogen) atoms. The van der Waals surface area contributed by atoms with Gasteiger partial charge in [0.2, 0.25) is 0 Å². The zero-order valence-electron chi connectivity index (χ0n) is 13.5. The van der Waals surface area contributed by atoms with Gasteiger partial charge in [0.1, 0.15) is 0 Å². The molecule has 0 rings (SSSR count). The van der Waals surface area contributed by atoms with Crippen molar-refractivity contribution in [2.75, 3.05) is 13.6 Å². The smallest absolute Gasteiger partial charge is 0.0192 e. The molecular formula is C15H34N2. The van der Waals surface area contributed by atoms with Crippen LogP contribution in [0.5, 0.6) is 0 Å². The fraction of sp³-hybridized carbons (Fsp3) is 1.00. The van der Waals surface area contributed by atoms with E-state index in [9.17, 15) is 0 Å². The molecule has 0 aromatic rings. The van der Waals surface area contributed by atoms with Gasteiger partial charge in [-0.15, -0.1) is 0 Å². The van der Waals surface area contributed by atoms with Crippen LogP contribution in [-0.4, -0.2) is 36.1 Å². The molecule has 0 aromatic heterocycles. The summed E-state index contributed by atoms with van der Waals surface area (Å²) in [4.78, 5) is 2.48. The molecule has 2 nitrogen and oxygen atoms in total. The molecule has 0 heterocycles. The fourth-order valence-electron chi connectivity index (χ4n) is 1.69. The second-order valence-corrected chi connectivity index (χ2v) is 7.17. The lowest BCUT2D eigenvalue weighted by atomic mass is 9.86. The van der Waals surface area contributed by atoms with E-state index >= 15 is 0 Å². The highest BCUT2D eigenvalue weighted by atomic mass is 15.2. The summed E-state index contributed by atoms with van der Waals surface area (Å²) in [5.41, 5.74) is 0.587. The average Bonchev–Trinajstić information content (AvgIpc) is 2.22. The van der Waals surface area contributed by atoms with Gasteiger partial charge in [-0.05, 0) is 46.6 Å². The number of nitrogens with one attached hydrogen (secondary N) is 1. The van der Waals surface area contributed by atoms with E-state index in [1.165, 1.54) is 0 Å². The van der Waals surface area contributed by atoms with Gasteiger partial charge in [0.05, 0.1) is 0 Å². The van der Waals surface area contributed by atoms with Crippen LogP contribution in [0.2, 0.25) is 0 Å². The average molecular weight is 242 g/mol. The van der Waals surface area contributed by atoms with Crippen molar-refractivity contribution < 1.29 is 0 Å². The summed E-state index contributed by atoms with van der Waals surface area (Å²) in [6.07, 6.45) is 1.16. The summed E-state index contributed by atoms with van der Waals surface area (Å²) in [6.45, 7) is 19.4. The first kappa shape index (κ1) is 16.9. The molecule has 2 unspecified atom stereocenters. The monoisotopic (exact) mass is 242 g/mol. The Bertz CT molecular complexity index is 215. The van der Waals surface area contributed by atoms with Crippen LogP contribution in [0, 0.1) is 5.41 Å². The van der Waals surface area contributed by atoms with Crippen LogP contribution < -0.4 is 5.32 Å². The second-order valence-electron chi connectivity index (χ2n) is 7.17. The normalized spacial score (nSPS) is 17.3. The van der Waals surface area contributed by atoms with E-state index < -0.39 is 0 Å². The van der Waals surface area contributed by atoms with Crippen molar-refractivity contribution >= 4 is 0 Å². The summed E-state index contributed by atoms with van der Waals surface area (Å²) in [6, 6.07) is 1.15. The van der Waals surface area contributed by atoms with Crippen LogP contribution in [0.4, 0.5) is 0 Å². The van der Waals surface area contributed by atoms with E-state index in [0.29, 0.717) is 17.5 Å². The highest BCUT2D eigenvalue weighted by molar-refractivity contribution is 4.83. The van der Waals surface area contributed by atoms with E-state index in [2.05, 4.69) is 72.7 Å². The Morgan fingerprint density at radius 2 is 1.53 bits per heavy atom. The van der Waals surface area contributed by atoms with Crippen LogP contribution >= 0.6 is 0 Å². The van der Waals surface area contributed by atoms with Crippen molar-refractivity contribution in [2.24, 2.45) is 5.41 Å². The molecule has 0 saturated heterocycles. The fourth-order valence-corrected chi connectivity index (χ4v) is 1.69. The van der Waals surface area contributed by atoms with Gasteiger partial charge in [-0.1, -0.05) is 27.7 Å². The van der Waals surface area contributed by atoms with Crippen LogP contribution in [-0.2, 0) is 0 Å². The minimum Gasteiger partial charge on any atom is -0.310 e. The van der Waals surface area contributed by atoms with Gasteiger partial charge < -0.3 is 5.32 Å². The lowest BCUT2D eigenvalue weighted by Crippen LogP contribution is -2.51. The summed E-state index contributed by atoms with van der Waals surface area (Å²) in [5.74, 6) is 0. The van der Waals surface area contributed by atoms with Crippen LogP contribution in [0.25, 0.3) is 0 Å². The third kappa shape index (κ3) is 5.87. The molecule has 0 aliphatic carbocycles. The number of likely N-dealkylation sites (N-methyl/N-ethyl adjacent to an activating group) is 1. The van der Waals surface area contributed by atoms with Crippen molar-refractivity contribution in [3.05, 3.63) is 0 Å². The number of hydrogen-bond acceptors (Lipinski definition) is 2. The summed E-state index contributed by atoms with van der Waals surface area (Å²) < 4.78 is 0. The third-order valence-corrected chi connectivity index (χ3v) is 4.32. The largest absolute Gasteiger partial charge is 0.310 e. The van der Waals surface area contributed by atoms with E-state index in [1.807, 2.05) is 0 Å². The molecule has 0 radical (unpaired) electrons. The topological polar surface area (TPSA) is 15.3 Å². The number of rotatable bonds is 6. The predicted octanol–water partition coefficient (Wildman–Crippen LogP) is 3.52. The molecule has 0 saturated carbocycles. The molecule has 0 spiro atoms. The minimum absolute atomic E-state index is 0.250. The molecule has 2 atom stereocenters. The Morgan fingerprint density at radius 1 is 1.06 bits per heavy atom. The van der Waals surface area contributed by atoms with Crippen molar-refractivity contribution in [3.8, 4) is 0 Å². The molecule has 104 valence electrons. The quantitative estimate of drug-likeness (QED) is 0.766. The summed E-state index contributed by atoms with van der Waals surface area (Å²) in [7, 11) is 2.24. The summed E-state index contributed by atoms with van der Waals surface area (Å²) >= 11 is 0. The first-order chi connectivity index (χ1) is 7.51. The molecule has 0 bridgehead atoms. The SMILES string of the molecule is CCC(C)(C)NCC(C)N(C)C(C)C(C)(C)C. The van der Waals surface area contributed by atoms with Gasteiger partial charge in [0.15, 0.2) is 0 Å². The van der Waals surface area contributed by atoms with Crippen LogP contribution in [0.3, 0.4) is 0 Å². The van der Waals surface area contributed by atoms with Crippen LogP contribution in [0.15, 0.2) is 0 Å². The Kier molecular flexibility index (Phi) is 6.16. The second kappa shape index (κ2) is 6.19. The molecular weight excluding hydrogens is 208 g/mol. The number of hydrogen-bond donors (Lipinski definition) is 1. The standard InChI is InChI=1S/C15H34N2/c1-10-15(7,8)16-11-12(2)17(9)13(3)14(4,5)6/h12-13,16H,10-11H2,1-9H3. The molecule has 0 aromatic carbocycles. The van der Waals surface area contributed by atoms with E-state index in [0.717, 1.165) is 13.0 Å². The highest BCUT2D eigenvalue weighted by Crippen LogP contribution is 2.24. The lowest BCUT2D eigenvalue weighted by molar-refractivity contribution is 0.0997. The zero-order valence-corrected chi connectivity index (χ0v) is 13.5. The summed E-state index contributed by atoms with van der Waals surface area (Å²) in [5, 5.41) is 3.65. The van der Waals surface area contributed by atoms with E-state index in [4.69, 9.17) is 0 Å². The van der Waals surface area contributed by atoms with Crippen molar-refractivity contribution in [2.45, 2.75) is 79.4 Å². The van der Waals surface area contributed by atoms with Gasteiger partial charge in [-0.25, -0.2) is 0 Å². The molecule has 0 fully saturated rings. The van der Waals surface area contributed by atoms with Crippen molar-refractivity contribution in [1.82, 2.24) is 10.2 Å².